The van der Waals surface area contributed by atoms with Crippen LogP contribution >= 0.6 is 22.9 Å². The van der Waals surface area contributed by atoms with Gasteiger partial charge in [0.25, 0.3) is 5.91 Å². The first-order valence-corrected chi connectivity index (χ1v) is 8.29. The van der Waals surface area contributed by atoms with Crippen LogP contribution in [0.1, 0.15) is 16.1 Å². The average molecular weight is 332 g/mol. The third-order valence-corrected chi connectivity index (χ3v) is 5.08. The molecule has 0 spiro atoms. The molecule has 4 rings (SSSR count). The van der Waals surface area contributed by atoms with Crippen molar-refractivity contribution in [2.75, 3.05) is 11.9 Å². The summed E-state index contributed by atoms with van der Waals surface area (Å²) < 4.78 is 0.723. The minimum atomic E-state index is -0.0781. The zero-order valence-corrected chi connectivity index (χ0v) is 13.2. The molecule has 4 nitrogen and oxygen atoms in total. The fourth-order valence-electron chi connectivity index (χ4n) is 2.82. The van der Waals surface area contributed by atoms with Crippen LogP contribution in [0.3, 0.4) is 0 Å². The number of amides is 1. The van der Waals surface area contributed by atoms with E-state index in [0.717, 1.165) is 33.2 Å². The van der Waals surface area contributed by atoms with Crippen molar-refractivity contribution in [1.29, 1.82) is 0 Å². The molecule has 1 aromatic carbocycles. The quantitative estimate of drug-likeness (QED) is 0.671. The number of para-hydroxylation sites is 1. The molecule has 0 aliphatic carbocycles. The maximum atomic E-state index is 12.4. The summed E-state index contributed by atoms with van der Waals surface area (Å²) in [6, 6.07) is 12.0. The van der Waals surface area contributed by atoms with Crippen LogP contribution in [0.5, 0.6) is 0 Å². The zero-order chi connectivity index (χ0) is 15.1. The smallest absolute Gasteiger partial charge is 0.268 e. The van der Waals surface area contributed by atoms with Gasteiger partial charge in [0.2, 0.25) is 0 Å². The van der Waals surface area contributed by atoms with Crippen LogP contribution < -0.4 is 10.6 Å². The molecule has 3 aromatic rings. The van der Waals surface area contributed by atoms with Crippen LogP contribution in [-0.4, -0.2) is 23.5 Å². The van der Waals surface area contributed by atoms with Crippen molar-refractivity contribution in [2.45, 2.75) is 12.5 Å². The van der Waals surface area contributed by atoms with Crippen LogP contribution in [0.4, 0.5) is 5.69 Å². The lowest BCUT2D eigenvalue weighted by Gasteiger charge is -2.26. The topological polar surface area (TPSA) is 56.9 Å². The molecule has 0 fully saturated rings. The molecule has 6 heteroatoms. The Labute approximate surface area is 136 Å². The van der Waals surface area contributed by atoms with E-state index < -0.39 is 0 Å². The van der Waals surface area contributed by atoms with Gasteiger partial charge in [0, 0.05) is 17.6 Å². The number of benzene rings is 1. The molecular weight excluding hydrogens is 318 g/mol. The number of carbonyl (C=O) groups excluding carboxylic acids is 1. The number of rotatable bonds is 2. The molecule has 0 saturated carbocycles. The highest BCUT2D eigenvalue weighted by Gasteiger charge is 2.21. The summed E-state index contributed by atoms with van der Waals surface area (Å²) in [6.45, 7) is 0.740. The van der Waals surface area contributed by atoms with E-state index in [9.17, 15) is 4.79 Å². The van der Waals surface area contributed by atoms with Gasteiger partial charge in [0.1, 0.15) is 10.5 Å². The molecule has 0 radical (unpaired) electrons. The average Bonchev–Trinajstić information content (AvgIpc) is 3.04. The SMILES string of the molecule is O=C(NC1CNc2ccccc2C1)c1cc2cc(Cl)sc2[nH]1. The predicted molar refractivity (Wildman–Crippen MR) is 91.1 cm³/mol. The highest BCUT2D eigenvalue weighted by molar-refractivity contribution is 7.22. The molecule has 0 saturated heterocycles. The van der Waals surface area contributed by atoms with Gasteiger partial charge in [-0.15, -0.1) is 11.3 Å². The fourth-order valence-corrected chi connectivity index (χ4v) is 3.95. The molecule has 1 amide bonds. The first-order chi connectivity index (χ1) is 10.7. The lowest BCUT2D eigenvalue weighted by molar-refractivity contribution is 0.0934. The van der Waals surface area contributed by atoms with E-state index in [1.807, 2.05) is 24.3 Å². The van der Waals surface area contributed by atoms with Crippen molar-refractivity contribution in [3.8, 4) is 0 Å². The first kappa shape index (κ1) is 13.7. The lowest BCUT2D eigenvalue weighted by atomic mass is 10.00. The van der Waals surface area contributed by atoms with Crippen molar-refractivity contribution in [2.24, 2.45) is 0 Å². The van der Waals surface area contributed by atoms with Gasteiger partial charge in [-0.05, 0) is 30.2 Å². The zero-order valence-electron chi connectivity index (χ0n) is 11.7. The van der Waals surface area contributed by atoms with Crippen LogP contribution in [0.25, 0.3) is 10.2 Å². The Morgan fingerprint density at radius 3 is 3.05 bits per heavy atom. The van der Waals surface area contributed by atoms with Crippen molar-refractivity contribution >= 4 is 44.7 Å². The van der Waals surface area contributed by atoms with Gasteiger partial charge >= 0.3 is 0 Å². The number of hydrogen-bond acceptors (Lipinski definition) is 3. The third kappa shape index (κ3) is 2.46. The second-order valence-electron chi connectivity index (χ2n) is 5.43. The molecular formula is C16H14ClN3OS. The second-order valence-corrected chi connectivity index (χ2v) is 7.11. The largest absolute Gasteiger partial charge is 0.383 e. The number of nitrogens with one attached hydrogen (secondary N) is 3. The van der Waals surface area contributed by atoms with Gasteiger partial charge in [0.15, 0.2) is 0 Å². The van der Waals surface area contributed by atoms with Gasteiger partial charge in [0.05, 0.1) is 10.4 Å². The molecule has 3 N–H and O–H groups in total. The minimum absolute atomic E-state index is 0.0781. The highest BCUT2D eigenvalue weighted by Crippen LogP contribution is 2.29. The van der Waals surface area contributed by atoms with Crippen LogP contribution in [0.15, 0.2) is 36.4 Å². The van der Waals surface area contributed by atoms with Gasteiger partial charge in [-0.1, -0.05) is 29.8 Å². The minimum Gasteiger partial charge on any atom is -0.383 e. The van der Waals surface area contributed by atoms with E-state index in [1.54, 1.807) is 0 Å². The van der Waals surface area contributed by atoms with E-state index in [2.05, 4.69) is 27.8 Å². The number of carbonyl (C=O) groups is 1. The summed E-state index contributed by atoms with van der Waals surface area (Å²) in [5.74, 6) is -0.0781. The molecule has 2 aromatic heterocycles. The number of aromatic nitrogens is 1. The molecule has 1 aliphatic heterocycles. The Hall–Kier alpha value is -1.98. The maximum absolute atomic E-state index is 12.4. The standard InChI is InChI=1S/C16H14ClN3OS/c17-14-7-10-6-13(20-16(10)22-14)15(21)19-11-5-9-3-1-2-4-12(9)18-8-11/h1-4,6-7,11,18,20H,5,8H2,(H,19,21). The Morgan fingerprint density at radius 2 is 2.18 bits per heavy atom. The summed E-state index contributed by atoms with van der Waals surface area (Å²) in [5, 5.41) is 7.42. The number of H-pyrrole nitrogens is 1. The Kier molecular flexibility index (Phi) is 3.32. The van der Waals surface area contributed by atoms with E-state index in [0.29, 0.717) is 5.69 Å². The fraction of sp³-hybridized carbons (Fsp3) is 0.188. The van der Waals surface area contributed by atoms with E-state index in [4.69, 9.17) is 11.6 Å². The van der Waals surface area contributed by atoms with Crippen molar-refractivity contribution in [1.82, 2.24) is 10.3 Å². The van der Waals surface area contributed by atoms with Gasteiger partial charge in [-0.25, -0.2) is 0 Å². The molecule has 22 heavy (non-hydrogen) atoms. The third-order valence-electron chi connectivity index (χ3n) is 3.88. The lowest BCUT2D eigenvalue weighted by Crippen LogP contribution is -2.43. The summed E-state index contributed by atoms with van der Waals surface area (Å²) in [4.78, 5) is 16.4. The normalized spacial score (nSPS) is 17.0. The van der Waals surface area contributed by atoms with E-state index in [1.165, 1.54) is 16.9 Å². The van der Waals surface area contributed by atoms with Crippen LogP contribution in [0, 0.1) is 0 Å². The number of halogens is 1. The predicted octanol–water partition coefficient (Wildman–Crippen LogP) is 3.65. The molecule has 1 aliphatic rings. The molecule has 0 bridgehead atoms. The number of fused-ring (bicyclic) bond motifs is 2. The Balaban J connectivity index is 1.49. The molecule has 3 heterocycles. The molecule has 1 unspecified atom stereocenters. The van der Waals surface area contributed by atoms with Gasteiger partial charge < -0.3 is 15.6 Å². The number of aromatic amines is 1. The Bertz CT molecular complexity index is 823. The van der Waals surface area contributed by atoms with Crippen molar-refractivity contribution < 1.29 is 4.79 Å². The first-order valence-electron chi connectivity index (χ1n) is 7.10. The highest BCUT2D eigenvalue weighted by atomic mass is 35.5. The maximum Gasteiger partial charge on any atom is 0.268 e. The van der Waals surface area contributed by atoms with Crippen molar-refractivity contribution in [3.05, 3.63) is 52.0 Å². The number of hydrogen-bond donors (Lipinski definition) is 3. The van der Waals surface area contributed by atoms with E-state index in [-0.39, 0.29) is 11.9 Å². The summed E-state index contributed by atoms with van der Waals surface area (Å²) >= 11 is 7.39. The van der Waals surface area contributed by atoms with Gasteiger partial charge in [-0.3, -0.25) is 4.79 Å². The Morgan fingerprint density at radius 1 is 1.32 bits per heavy atom. The number of anilines is 1. The summed E-state index contributed by atoms with van der Waals surface area (Å²) in [7, 11) is 0. The van der Waals surface area contributed by atoms with Crippen LogP contribution in [0.2, 0.25) is 4.34 Å². The summed E-state index contributed by atoms with van der Waals surface area (Å²) in [5.41, 5.74) is 2.97. The molecule has 112 valence electrons. The van der Waals surface area contributed by atoms with E-state index >= 15 is 0 Å². The van der Waals surface area contributed by atoms with Gasteiger partial charge in [-0.2, -0.15) is 0 Å². The summed E-state index contributed by atoms with van der Waals surface area (Å²) in [6.07, 6.45) is 0.843. The monoisotopic (exact) mass is 331 g/mol. The van der Waals surface area contributed by atoms with Crippen LogP contribution in [-0.2, 0) is 6.42 Å². The number of thiophene rings is 1. The van der Waals surface area contributed by atoms with Crippen molar-refractivity contribution in [3.63, 3.8) is 0 Å². The second kappa shape index (κ2) is 5.34. The molecule has 1 atom stereocenters.